The van der Waals surface area contributed by atoms with Crippen LogP contribution in [0.25, 0.3) is 0 Å². The Balaban J connectivity index is 2.60. The first-order valence-electron chi connectivity index (χ1n) is 5.71. The number of carbonyl (C=O) groups is 1. The van der Waals surface area contributed by atoms with Crippen molar-refractivity contribution in [2.75, 3.05) is 13.1 Å². The number of carbonyl (C=O) groups excluding carboxylic acids is 1. The Bertz CT molecular complexity index is 252. The molecule has 0 N–H and O–H groups in total. The van der Waals surface area contributed by atoms with Gasteiger partial charge in [0.2, 0.25) is 5.91 Å². The zero-order valence-corrected chi connectivity index (χ0v) is 9.68. The SMILES string of the molecule is CC[C@H](C)C(=O)N1CCC[C@@H](C(F)(F)F)C1. The molecule has 1 aliphatic heterocycles. The molecular formula is C11H18F3NO. The number of rotatable bonds is 2. The summed E-state index contributed by atoms with van der Waals surface area (Å²) in [6, 6.07) is 0. The van der Waals surface area contributed by atoms with E-state index in [1.165, 1.54) is 4.90 Å². The number of hydrogen-bond donors (Lipinski definition) is 0. The summed E-state index contributed by atoms with van der Waals surface area (Å²) in [5.74, 6) is -1.65. The van der Waals surface area contributed by atoms with Gasteiger partial charge in [0, 0.05) is 19.0 Å². The third-order valence-corrected chi connectivity index (χ3v) is 3.23. The maximum absolute atomic E-state index is 12.5. The molecule has 94 valence electrons. The summed E-state index contributed by atoms with van der Waals surface area (Å²) in [7, 11) is 0. The first-order valence-corrected chi connectivity index (χ1v) is 5.71. The molecule has 2 nitrogen and oxygen atoms in total. The van der Waals surface area contributed by atoms with E-state index in [2.05, 4.69) is 0 Å². The van der Waals surface area contributed by atoms with Crippen molar-refractivity contribution < 1.29 is 18.0 Å². The molecule has 1 aliphatic rings. The molecule has 16 heavy (non-hydrogen) atoms. The Labute approximate surface area is 93.8 Å². The van der Waals surface area contributed by atoms with Crippen LogP contribution in [0.5, 0.6) is 0 Å². The normalized spacial score (nSPS) is 24.3. The van der Waals surface area contributed by atoms with E-state index in [0.717, 1.165) is 0 Å². The first-order chi connectivity index (χ1) is 7.36. The summed E-state index contributed by atoms with van der Waals surface area (Å²) in [5.41, 5.74) is 0. The van der Waals surface area contributed by atoms with Gasteiger partial charge in [-0.1, -0.05) is 13.8 Å². The third kappa shape index (κ3) is 3.12. The molecule has 0 aliphatic carbocycles. The predicted molar refractivity (Wildman–Crippen MR) is 54.8 cm³/mol. The molecule has 1 heterocycles. The average molecular weight is 237 g/mol. The molecule has 0 spiro atoms. The monoisotopic (exact) mass is 237 g/mol. The van der Waals surface area contributed by atoms with E-state index in [-0.39, 0.29) is 24.8 Å². The quantitative estimate of drug-likeness (QED) is 0.723. The number of alkyl halides is 3. The molecule has 1 amide bonds. The fraction of sp³-hybridized carbons (Fsp3) is 0.909. The maximum atomic E-state index is 12.5. The highest BCUT2D eigenvalue weighted by Gasteiger charge is 2.42. The van der Waals surface area contributed by atoms with Gasteiger partial charge in [-0.2, -0.15) is 13.2 Å². The van der Waals surface area contributed by atoms with Crippen LogP contribution in [-0.2, 0) is 4.79 Å². The first kappa shape index (κ1) is 13.3. The summed E-state index contributed by atoms with van der Waals surface area (Å²) in [6.45, 7) is 3.94. The second kappa shape index (κ2) is 5.06. The van der Waals surface area contributed by atoms with Crippen molar-refractivity contribution in [1.29, 1.82) is 0 Å². The van der Waals surface area contributed by atoms with Gasteiger partial charge in [0.15, 0.2) is 0 Å². The van der Waals surface area contributed by atoms with E-state index in [4.69, 9.17) is 0 Å². The van der Waals surface area contributed by atoms with Crippen LogP contribution in [-0.4, -0.2) is 30.1 Å². The van der Waals surface area contributed by atoms with Gasteiger partial charge in [0.05, 0.1) is 5.92 Å². The fourth-order valence-electron chi connectivity index (χ4n) is 1.93. The van der Waals surface area contributed by atoms with E-state index in [9.17, 15) is 18.0 Å². The van der Waals surface area contributed by atoms with Gasteiger partial charge >= 0.3 is 6.18 Å². The molecule has 5 heteroatoms. The van der Waals surface area contributed by atoms with Crippen LogP contribution in [0.4, 0.5) is 13.2 Å². The molecule has 0 bridgehead atoms. The number of likely N-dealkylation sites (tertiary alicyclic amines) is 1. The lowest BCUT2D eigenvalue weighted by molar-refractivity contribution is -0.188. The van der Waals surface area contributed by atoms with Crippen LogP contribution in [0.15, 0.2) is 0 Å². The number of nitrogens with zero attached hydrogens (tertiary/aromatic N) is 1. The van der Waals surface area contributed by atoms with E-state index in [1.54, 1.807) is 6.92 Å². The molecule has 0 aromatic rings. The number of halogens is 3. The Morgan fingerprint density at radius 3 is 2.62 bits per heavy atom. The second-order valence-corrected chi connectivity index (χ2v) is 4.47. The van der Waals surface area contributed by atoms with E-state index >= 15 is 0 Å². The van der Waals surface area contributed by atoms with E-state index in [0.29, 0.717) is 19.4 Å². The highest BCUT2D eigenvalue weighted by Crippen LogP contribution is 2.33. The second-order valence-electron chi connectivity index (χ2n) is 4.47. The van der Waals surface area contributed by atoms with Crippen molar-refractivity contribution in [1.82, 2.24) is 4.90 Å². The Morgan fingerprint density at radius 2 is 2.12 bits per heavy atom. The molecule has 0 aromatic carbocycles. The van der Waals surface area contributed by atoms with Crippen molar-refractivity contribution in [2.45, 2.75) is 39.3 Å². The van der Waals surface area contributed by atoms with Gasteiger partial charge < -0.3 is 4.90 Å². The zero-order chi connectivity index (χ0) is 12.3. The van der Waals surface area contributed by atoms with Gasteiger partial charge in [0.1, 0.15) is 0 Å². The van der Waals surface area contributed by atoms with Crippen LogP contribution in [0.1, 0.15) is 33.1 Å². The Kier molecular flexibility index (Phi) is 4.21. The third-order valence-electron chi connectivity index (χ3n) is 3.23. The van der Waals surface area contributed by atoms with Crippen LogP contribution < -0.4 is 0 Å². The standard InChI is InChI=1S/C11H18F3NO/c1-3-8(2)10(16)15-6-4-5-9(7-15)11(12,13)14/h8-9H,3-7H2,1-2H3/t8-,9+/m0/s1. The fourth-order valence-corrected chi connectivity index (χ4v) is 1.93. The van der Waals surface area contributed by atoms with Gasteiger partial charge in [-0.05, 0) is 19.3 Å². The average Bonchev–Trinajstić information content (AvgIpc) is 2.26. The molecule has 1 fully saturated rings. The highest BCUT2D eigenvalue weighted by atomic mass is 19.4. The molecule has 0 aromatic heterocycles. The van der Waals surface area contributed by atoms with Crippen molar-refractivity contribution in [3.8, 4) is 0 Å². The molecule has 1 rings (SSSR count). The van der Waals surface area contributed by atoms with Crippen LogP contribution in [0.3, 0.4) is 0 Å². The van der Waals surface area contributed by atoms with Crippen molar-refractivity contribution in [3.63, 3.8) is 0 Å². The van der Waals surface area contributed by atoms with Crippen molar-refractivity contribution >= 4 is 5.91 Å². The largest absolute Gasteiger partial charge is 0.393 e. The minimum atomic E-state index is -4.17. The minimum Gasteiger partial charge on any atom is -0.342 e. The number of amides is 1. The highest BCUT2D eigenvalue weighted by molar-refractivity contribution is 5.78. The maximum Gasteiger partial charge on any atom is 0.393 e. The Morgan fingerprint density at radius 1 is 1.50 bits per heavy atom. The summed E-state index contributed by atoms with van der Waals surface area (Å²) < 4.78 is 37.6. The number of hydrogen-bond acceptors (Lipinski definition) is 1. The van der Waals surface area contributed by atoms with Crippen LogP contribution in [0.2, 0.25) is 0 Å². The lowest BCUT2D eigenvalue weighted by atomic mass is 9.96. The molecule has 2 atom stereocenters. The summed E-state index contributed by atoms with van der Waals surface area (Å²) in [5, 5.41) is 0. The Hall–Kier alpha value is -0.740. The molecule has 0 unspecified atom stereocenters. The lowest BCUT2D eigenvalue weighted by Crippen LogP contribution is -2.46. The van der Waals surface area contributed by atoms with Crippen LogP contribution in [0, 0.1) is 11.8 Å². The molecular weight excluding hydrogens is 219 g/mol. The summed E-state index contributed by atoms with van der Waals surface area (Å²) >= 11 is 0. The van der Waals surface area contributed by atoms with Gasteiger partial charge in [0.25, 0.3) is 0 Å². The van der Waals surface area contributed by atoms with Gasteiger partial charge in [-0.15, -0.1) is 0 Å². The minimum absolute atomic E-state index is 0.142. The van der Waals surface area contributed by atoms with E-state index in [1.807, 2.05) is 6.92 Å². The lowest BCUT2D eigenvalue weighted by Gasteiger charge is -2.35. The van der Waals surface area contributed by atoms with E-state index < -0.39 is 12.1 Å². The molecule has 0 saturated carbocycles. The molecule has 1 saturated heterocycles. The molecule has 0 radical (unpaired) electrons. The zero-order valence-electron chi connectivity index (χ0n) is 9.68. The number of piperidine rings is 1. The van der Waals surface area contributed by atoms with Gasteiger partial charge in [-0.3, -0.25) is 4.79 Å². The van der Waals surface area contributed by atoms with Crippen LogP contribution >= 0.6 is 0 Å². The van der Waals surface area contributed by atoms with Crippen molar-refractivity contribution in [3.05, 3.63) is 0 Å². The van der Waals surface area contributed by atoms with Crippen molar-refractivity contribution in [2.24, 2.45) is 11.8 Å². The summed E-state index contributed by atoms with van der Waals surface area (Å²) in [4.78, 5) is 13.1. The summed E-state index contributed by atoms with van der Waals surface area (Å²) in [6.07, 6.45) is -2.90. The predicted octanol–water partition coefficient (Wildman–Crippen LogP) is 2.83. The van der Waals surface area contributed by atoms with Gasteiger partial charge in [-0.25, -0.2) is 0 Å². The topological polar surface area (TPSA) is 20.3 Å². The smallest absolute Gasteiger partial charge is 0.342 e.